The maximum atomic E-state index is 12.8. The summed E-state index contributed by atoms with van der Waals surface area (Å²) < 4.78 is 12.8. The minimum Gasteiger partial charge on any atom is -0.360 e. The van der Waals surface area contributed by atoms with Crippen LogP contribution in [-0.4, -0.2) is 17.3 Å². The van der Waals surface area contributed by atoms with Gasteiger partial charge in [0, 0.05) is 5.75 Å². The van der Waals surface area contributed by atoms with Crippen LogP contribution in [0.4, 0.5) is 4.39 Å². The van der Waals surface area contributed by atoms with Gasteiger partial charge in [-0.25, -0.2) is 4.39 Å². The van der Waals surface area contributed by atoms with E-state index in [1.807, 2.05) is 12.1 Å². The number of hydrogen-bond acceptors (Lipinski definition) is 3. The number of halogens is 2. The van der Waals surface area contributed by atoms with Gasteiger partial charge in [0.25, 0.3) is 0 Å². The number of aliphatic imine (C=N–C) groups is 1. The van der Waals surface area contributed by atoms with E-state index < -0.39 is 0 Å². The van der Waals surface area contributed by atoms with Crippen molar-refractivity contribution in [3.8, 4) is 0 Å². The lowest BCUT2D eigenvalue weighted by Crippen LogP contribution is -2.36. The molecule has 0 amide bonds. The normalized spacial score (nSPS) is 25.0. The fraction of sp³-hybridized carbons (Fsp3) is 0.500. The molecule has 1 aliphatic carbocycles. The van der Waals surface area contributed by atoms with Crippen molar-refractivity contribution in [3.63, 3.8) is 0 Å². The van der Waals surface area contributed by atoms with E-state index in [0.29, 0.717) is 12.1 Å². The Morgan fingerprint density at radius 2 is 1.95 bits per heavy atom. The van der Waals surface area contributed by atoms with Crippen LogP contribution in [0.25, 0.3) is 0 Å². The molecule has 0 bridgehead atoms. The maximum absolute atomic E-state index is 12.8. The van der Waals surface area contributed by atoms with Crippen molar-refractivity contribution in [3.05, 3.63) is 35.6 Å². The molecule has 104 valence electrons. The van der Waals surface area contributed by atoms with Gasteiger partial charge in [-0.15, -0.1) is 12.4 Å². The molecule has 3 rings (SSSR count). The van der Waals surface area contributed by atoms with E-state index in [9.17, 15) is 4.39 Å². The molecule has 1 aromatic rings. The van der Waals surface area contributed by atoms with Crippen molar-refractivity contribution < 1.29 is 4.39 Å². The highest BCUT2D eigenvalue weighted by molar-refractivity contribution is 8.13. The minimum atomic E-state index is -0.175. The number of benzene rings is 1. The predicted octanol–water partition coefficient (Wildman–Crippen LogP) is 3.75. The molecular weight excluding hydrogens is 283 g/mol. The second-order valence-corrected chi connectivity index (χ2v) is 5.92. The summed E-state index contributed by atoms with van der Waals surface area (Å²) in [5, 5.41) is 4.58. The monoisotopic (exact) mass is 300 g/mol. The van der Waals surface area contributed by atoms with Crippen LogP contribution in [0.1, 0.15) is 31.2 Å². The van der Waals surface area contributed by atoms with Crippen molar-refractivity contribution in [2.75, 3.05) is 0 Å². The molecule has 2 nitrogen and oxygen atoms in total. The molecule has 2 aliphatic rings. The van der Waals surface area contributed by atoms with Crippen molar-refractivity contribution in [2.45, 2.75) is 43.5 Å². The Bertz CT molecular complexity index is 449. The lowest BCUT2D eigenvalue weighted by atomic mass is 9.92. The summed E-state index contributed by atoms with van der Waals surface area (Å²) in [4.78, 5) is 4.74. The van der Waals surface area contributed by atoms with Crippen LogP contribution in [0.3, 0.4) is 0 Å². The number of fused-ring (bicyclic) bond motifs is 1. The molecule has 19 heavy (non-hydrogen) atoms. The first kappa shape index (κ1) is 14.7. The van der Waals surface area contributed by atoms with Crippen molar-refractivity contribution >= 4 is 29.3 Å². The maximum Gasteiger partial charge on any atom is 0.157 e. The van der Waals surface area contributed by atoms with Crippen LogP contribution in [-0.2, 0) is 5.75 Å². The van der Waals surface area contributed by atoms with Gasteiger partial charge < -0.3 is 5.32 Å². The average Bonchev–Trinajstić information content (AvgIpc) is 2.81. The molecule has 1 fully saturated rings. The summed E-state index contributed by atoms with van der Waals surface area (Å²) >= 11 is 1.73. The highest BCUT2D eigenvalue weighted by Crippen LogP contribution is 2.27. The summed E-state index contributed by atoms with van der Waals surface area (Å²) in [7, 11) is 0. The van der Waals surface area contributed by atoms with E-state index in [0.717, 1.165) is 16.5 Å². The molecule has 1 saturated carbocycles. The quantitative estimate of drug-likeness (QED) is 0.899. The Labute approximate surface area is 123 Å². The van der Waals surface area contributed by atoms with Gasteiger partial charge in [-0.2, -0.15) is 0 Å². The van der Waals surface area contributed by atoms with Crippen LogP contribution in [0.15, 0.2) is 29.3 Å². The van der Waals surface area contributed by atoms with Gasteiger partial charge in [-0.05, 0) is 30.5 Å². The number of nitrogens with zero attached hydrogens (tertiary/aromatic N) is 1. The molecule has 0 spiro atoms. The van der Waals surface area contributed by atoms with Gasteiger partial charge in [0.1, 0.15) is 5.82 Å². The molecule has 1 heterocycles. The van der Waals surface area contributed by atoms with Crippen LogP contribution in [0.2, 0.25) is 0 Å². The molecule has 1 N–H and O–H groups in total. The first-order chi connectivity index (χ1) is 8.81. The first-order valence-electron chi connectivity index (χ1n) is 6.53. The molecule has 0 aromatic heterocycles. The molecule has 2 unspecified atom stereocenters. The van der Waals surface area contributed by atoms with Crippen LogP contribution in [0, 0.1) is 5.82 Å². The molecule has 1 aliphatic heterocycles. The van der Waals surface area contributed by atoms with E-state index in [4.69, 9.17) is 4.99 Å². The van der Waals surface area contributed by atoms with Gasteiger partial charge in [0.15, 0.2) is 5.17 Å². The Balaban J connectivity index is 0.00000133. The standard InChI is InChI=1S/C14H17FN2S.ClH/c15-11-7-5-10(6-8-11)9-18-14-16-12-3-1-2-4-13(12)17-14;/h5-8,12-13H,1-4,9H2,(H,16,17);1H. The topological polar surface area (TPSA) is 24.4 Å². The number of amidine groups is 1. The average molecular weight is 301 g/mol. The van der Waals surface area contributed by atoms with Crippen LogP contribution >= 0.6 is 24.2 Å². The second-order valence-electron chi connectivity index (χ2n) is 4.95. The minimum absolute atomic E-state index is 0. The summed E-state index contributed by atoms with van der Waals surface area (Å²) in [6.45, 7) is 0. The Morgan fingerprint density at radius 3 is 2.68 bits per heavy atom. The number of rotatable bonds is 2. The molecule has 0 radical (unpaired) electrons. The summed E-state index contributed by atoms with van der Waals surface area (Å²) in [6.07, 6.45) is 5.09. The van der Waals surface area contributed by atoms with Crippen molar-refractivity contribution in [1.29, 1.82) is 0 Å². The largest absolute Gasteiger partial charge is 0.360 e. The highest BCUT2D eigenvalue weighted by Gasteiger charge is 2.30. The van der Waals surface area contributed by atoms with E-state index in [1.165, 1.54) is 37.8 Å². The first-order valence-corrected chi connectivity index (χ1v) is 7.51. The summed E-state index contributed by atoms with van der Waals surface area (Å²) in [5.41, 5.74) is 1.14. The van der Waals surface area contributed by atoms with Gasteiger partial charge in [-0.3, -0.25) is 4.99 Å². The predicted molar refractivity (Wildman–Crippen MR) is 81.6 cm³/mol. The van der Waals surface area contributed by atoms with E-state index in [1.54, 1.807) is 11.8 Å². The third kappa shape index (κ3) is 3.63. The molecule has 1 aromatic carbocycles. The number of hydrogen-bond donors (Lipinski definition) is 1. The Kier molecular flexibility index (Phi) is 5.11. The van der Waals surface area contributed by atoms with Crippen LogP contribution in [0.5, 0.6) is 0 Å². The Morgan fingerprint density at radius 1 is 1.21 bits per heavy atom. The van der Waals surface area contributed by atoms with E-state index in [2.05, 4.69) is 5.32 Å². The van der Waals surface area contributed by atoms with Crippen LogP contribution < -0.4 is 5.32 Å². The number of nitrogens with one attached hydrogen (secondary N) is 1. The van der Waals surface area contributed by atoms with Crippen molar-refractivity contribution in [1.82, 2.24) is 5.32 Å². The SMILES string of the molecule is Cl.Fc1ccc(CSC2=NC3CCCCC3N2)cc1. The lowest BCUT2D eigenvalue weighted by Gasteiger charge is -2.23. The molecule has 2 atom stereocenters. The third-order valence-electron chi connectivity index (χ3n) is 3.61. The fourth-order valence-electron chi connectivity index (χ4n) is 2.59. The Hall–Kier alpha value is -0.740. The summed E-state index contributed by atoms with van der Waals surface area (Å²) in [6, 6.07) is 7.76. The van der Waals surface area contributed by atoms with Crippen molar-refractivity contribution in [2.24, 2.45) is 4.99 Å². The van der Waals surface area contributed by atoms with Gasteiger partial charge in [0.05, 0.1) is 12.1 Å². The zero-order chi connectivity index (χ0) is 12.4. The highest BCUT2D eigenvalue weighted by atomic mass is 35.5. The van der Waals surface area contributed by atoms with Gasteiger partial charge in [-0.1, -0.05) is 36.7 Å². The second kappa shape index (κ2) is 6.62. The van der Waals surface area contributed by atoms with E-state index >= 15 is 0 Å². The molecule has 5 heteroatoms. The fourth-order valence-corrected chi connectivity index (χ4v) is 3.53. The molecule has 0 saturated heterocycles. The third-order valence-corrected chi connectivity index (χ3v) is 4.58. The zero-order valence-electron chi connectivity index (χ0n) is 10.6. The van der Waals surface area contributed by atoms with E-state index in [-0.39, 0.29) is 18.2 Å². The lowest BCUT2D eigenvalue weighted by molar-refractivity contribution is 0.385. The summed E-state index contributed by atoms with van der Waals surface area (Å²) in [5.74, 6) is 0.678. The van der Waals surface area contributed by atoms with Gasteiger partial charge >= 0.3 is 0 Å². The smallest absolute Gasteiger partial charge is 0.157 e. The number of thioether (sulfide) groups is 1. The molecular formula is C14H18ClFN2S. The zero-order valence-corrected chi connectivity index (χ0v) is 12.3. The van der Waals surface area contributed by atoms with Gasteiger partial charge in [0.2, 0.25) is 0 Å².